The summed E-state index contributed by atoms with van der Waals surface area (Å²) in [6.07, 6.45) is 0. The Hall–Kier alpha value is -1.60. The molecule has 2 aromatic rings. The number of hydrogen-bond acceptors (Lipinski definition) is 6. The van der Waals surface area contributed by atoms with E-state index in [1.807, 2.05) is 37.3 Å². The van der Waals surface area contributed by atoms with E-state index in [1.165, 1.54) is 23.1 Å². The lowest BCUT2D eigenvalue weighted by Crippen LogP contribution is -2.28. The molecule has 1 atom stereocenters. The van der Waals surface area contributed by atoms with Gasteiger partial charge in [-0.1, -0.05) is 53.4 Å². The number of anilines is 1. The van der Waals surface area contributed by atoms with Crippen molar-refractivity contribution in [3.8, 4) is 0 Å². The third-order valence-corrected chi connectivity index (χ3v) is 4.70. The first-order chi connectivity index (χ1) is 9.69. The van der Waals surface area contributed by atoms with Crippen molar-refractivity contribution >= 4 is 34.1 Å². The monoisotopic (exact) mass is 308 g/mol. The van der Waals surface area contributed by atoms with Crippen molar-refractivity contribution in [2.75, 3.05) is 18.1 Å². The lowest BCUT2D eigenvalue weighted by atomic mass is 10.1. The van der Waals surface area contributed by atoms with Gasteiger partial charge in [0.25, 0.3) is 0 Å². The van der Waals surface area contributed by atoms with Gasteiger partial charge >= 0.3 is 0 Å². The minimum Gasteiger partial charge on any atom is -0.363 e. The van der Waals surface area contributed by atoms with Crippen LogP contribution in [0.4, 0.5) is 5.13 Å². The van der Waals surface area contributed by atoms with Crippen molar-refractivity contribution in [1.29, 1.82) is 0 Å². The number of carbonyl (C=O) groups excluding carboxylic acids is 1. The van der Waals surface area contributed by atoms with Gasteiger partial charge in [-0.3, -0.25) is 4.79 Å². The molecule has 20 heavy (non-hydrogen) atoms. The fourth-order valence-corrected chi connectivity index (χ4v) is 3.12. The van der Waals surface area contributed by atoms with Crippen LogP contribution >= 0.6 is 23.1 Å². The first-order valence-corrected chi connectivity index (χ1v) is 7.97. The van der Waals surface area contributed by atoms with Crippen molar-refractivity contribution in [2.45, 2.75) is 17.3 Å². The smallest absolute Gasteiger partial charge is 0.230 e. The Kier molecular flexibility index (Phi) is 5.37. The van der Waals surface area contributed by atoms with Gasteiger partial charge in [0.2, 0.25) is 11.0 Å². The van der Waals surface area contributed by atoms with Crippen LogP contribution in [0.2, 0.25) is 0 Å². The Morgan fingerprint density at radius 1 is 1.35 bits per heavy atom. The summed E-state index contributed by atoms with van der Waals surface area (Å²) >= 11 is 2.83. The second-order valence-corrected chi connectivity index (χ2v) is 6.31. The Bertz CT molecular complexity index is 559. The lowest BCUT2D eigenvalue weighted by Gasteiger charge is -2.13. The molecule has 1 heterocycles. The van der Waals surface area contributed by atoms with Gasteiger partial charge in [0.15, 0.2) is 4.34 Å². The van der Waals surface area contributed by atoms with Gasteiger partial charge in [0, 0.05) is 7.05 Å². The molecule has 0 spiro atoms. The van der Waals surface area contributed by atoms with Crippen LogP contribution in [0.1, 0.15) is 18.5 Å². The van der Waals surface area contributed by atoms with Crippen molar-refractivity contribution in [2.24, 2.45) is 0 Å². The Morgan fingerprint density at radius 2 is 2.10 bits per heavy atom. The number of nitrogens with zero attached hydrogens (tertiary/aromatic N) is 2. The highest BCUT2D eigenvalue weighted by atomic mass is 32.2. The highest BCUT2D eigenvalue weighted by Gasteiger charge is 2.11. The fourth-order valence-electron chi connectivity index (χ4n) is 1.60. The number of thioether (sulfide) groups is 1. The zero-order valence-electron chi connectivity index (χ0n) is 11.3. The third kappa shape index (κ3) is 4.21. The number of hydrogen-bond donors (Lipinski definition) is 2. The molecular weight excluding hydrogens is 292 g/mol. The van der Waals surface area contributed by atoms with Crippen molar-refractivity contribution < 1.29 is 4.79 Å². The van der Waals surface area contributed by atoms with Crippen molar-refractivity contribution in [1.82, 2.24) is 15.5 Å². The molecule has 1 aromatic heterocycles. The van der Waals surface area contributed by atoms with E-state index < -0.39 is 0 Å². The van der Waals surface area contributed by atoms with Crippen LogP contribution in [0.15, 0.2) is 34.7 Å². The third-order valence-electron chi connectivity index (χ3n) is 2.62. The molecule has 0 saturated carbocycles. The Labute approximate surface area is 126 Å². The van der Waals surface area contributed by atoms with E-state index in [0.29, 0.717) is 5.75 Å². The van der Waals surface area contributed by atoms with Gasteiger partial charge in [0.05, 0.1) is 11.8 Å². The highest BCUT2D eigenvalue weighted by Crippen LogP contribution is 2.24. The molecule has 2 rings (SSSR count). The Morgan fingerprint density at radius 3 is 2.75 bits per heavy atom. The summed E-state index contributed by atoms with van der Waals surface area (Å²) in [5.74, 6) is 0.336. The number of rotatable bonds is 6. The van der Waals surface area contributed by atoms with E-state index in [0.717, 1.165) is 15.0 Å². The quantitative estimate of drug-likeness (QED) is 0.803. The number of benzene rings is 1. The summed E-state index contributed by atoms with van der Waals surface area (Å²) in [4.78, 5) is 11.9. The molecule has 5 nitrogen and oxygen atoms in total. The van der Waals surface area contributed by atoms with Gasteiger partial charge in [-0.15, -0.1) is 10.2 Å². The second kappa shape index (κ2) is 7.25. The standard InChI is InChI=1S/C13H16N4OS2/c1-9(10-6-4-3-5-7-10)15-11(18)8-19-13-17-16-12(14-2)20-13/h3-7,9H,8H2,1-2H3,(H,14,16)(H,15,18). The predicted octanol–water partition coefficient (Wildman–Crippen LogP) is 2.55. The van der Waals surface area contributed by atoms with Crippen LogP contribution in [-0.4, -0.2) is 28.9 Å². The minimum atomic E-state index is -0.00689. The summed E-state index contributed by atoms with van der Waals surface area (Å²) in [5.41, 5.74) is 1.10. The first-order valence-electron chi connectivity index (χ1n) is 6.17. The van der Waals surface area contributed by atoms with Gasteiger partial charge < -0.3 is 10.6 Å². The first kappa shape index (κ1) is 14.8. The molecule has 0 aliphatic carbocycles. The van der Waals surface area contributed by atoms with E-state index in [-0.39, 0.29) is 11.9 Å². The van der Waals surface area contributed by atoms with Gasteiger partial charge in [-0.05, 0) is 12.5 Å². The molecular formula is C13H16N4OS2. The van der Waals surface area contributed by atoms with Crippen LogP contribution in [0.25, 0.3) is 0 Å². The number of amides is 1. The van der Waals surface area contributed by atoms with Crippen LogP contribution in [0.3, 0.4) is 0 Å². The topological polar surface area (TPSA) is 66.9 Å². The maximum Gasteiger partial charge on any atom is 0.230 e. The number of aromatic nitrogens is 2. The van der Waals surface area contributed by atoms with Gasteiger partial charge in [0.1, 0.15) is 0 Å². The molecule has 7 heteroatoms. The predicted molar refractivity (Wildman–Crippen MR) is 83.2 cm³/mol. The van der Waals surface area contributed by atoms with Crippen LogP contribution < -0.4 is 10.6 Å². The SMILES string of the molecule is CNc1nnc(SCC(=O)NC(C)c2ccccc2)s1. The van der Waals surface area contributed by atoms with E-state index in [2.05, 4.69) is 20.8 Å². The largest absolute Gasteiger partial charge is 0.363 e. The average Bonchev–Trinajstić information content (AvgIpc) is 2.94. The molecule has 2 N–H and O–H groups in total. The molecule has 1 unspecified atom stereocenters. The summed E-state index contributed by atoms with van der Waals surface area (Å²) in [6, 6.07) is 9.90. The molecule has 106 valence electrons. The van der Waals surface area contributed by atoms with E-state index in [4.69, 9.17) is 0 Å². The summed E-state index contributed by atoms with van der Waals surface area (Å²) < 4.78 is 0.789. The summed E-state index contributed by atoms with van der Waals surface area (Å²) in [5, 5.41) is 14.6. The second-order valence-electron chi connectivity index (χ2n) is 4.11. The number of carbonyl (C=O) groups is 1. The highest BCUT2D eigenvalue weighted by molar-refractivity contribution is 8.01. The normalized spacial score (nSPS) is 11.9. The summed E-state index contributed by atoms with van der Waals surface area (Å²) in [7, 11) is 1.79. The van der Waals surface area contributed by atoms with E-state index in [9.17, 15) is 4.79 Å². The van der Waals surface area contributed by atoms with Crippen LogP contribution in [-0.2, 0) is 4.79 Å². The molecule has 0 fully saturated rings. The molecule has 1 aromatic carbocycles. The average molecular weight is 308 g/mol. The molecule has 0 aliphatic rings. The molecule has 0 aliphatic heterocycles. The molecule has 0 radical (unpaired) electrons. The number of nitrogens with one attached hydrogen (secondary N) is 2. The van der Waals surface area contributed by atoms with E-state index in [1.54, 1.807) is 7.05 Å². The minimum absolute atomic E-state index is 0.00610. The Balaban J connectivity index is 1.80. The van der Waals surface area contributed by atoms with Gasteiger partial charge in [-0.25, -0.2) is 0 Å². The summed E-state index contributed by atoms with van der Waals surface area (Å²) in [6.45, 7) is 1.97. The zero-order chi connectivity index (χ0) is 14.4. The molecule has 1 amide bonds. The maximum absolute atomic E-state index is 11.9. The zero-order valence-corrected chi connectivity index (χ0v) is 12.9. The molecule has 0 bridgehead atoms. The fraction of sp³-hybridized carbons (Fsp3) is 0.308. The lowest BCUT2D eigenvalue weighted by molar-refractivity contribution is -0.119. The van der Waals surface area contributed by atoms with E-state index >= 15 is 0 Å². The van der Waals surface area contributed by atoms with Crippen LogP contribution in [0, 0.1) is 0 Å². The van der Waals surface area contributed by atoms with Crippen molar-refractivity contribution in [3.63, 3.8) is 0 Å². The van der Waals surface area contributed by atoms with Gasteiger partial charge in [-0.2, -0.15) is 0 Å². The van der Waals surface area contributed by atoms with Crippen LogP contribution in [0.5, 0.6) is 0 Å². The maximum atomic E-state index is 11.9. The van der Waals surface area contributed by atoms with Crippen molar-refractivity contribution in [3.05, 3.63) is 35.9 Å². The molecule has 0 saturated heterocycles.